The lowest BCUT2D eigenvalue weighted by Gasteiger charge is -2.09. The van der Waals surface area contributed by atoms with Gasteiger partial charge >= 0.3 is 0 Å². The van der Waals surface area contributed by atoms with Crippen molar-refractivity contribution in [3.63, 3.8) is 0 Å². The molecule has 0 fully saturated rings. The molecule has 7 heteroatoms. The Balaban J connectivity index is 1.66. The van der Waals surface area contributed by atoms with Crippen LogP contribution in [0.15, 0.2) is 66.7 Å². The molecular weight excluding hydrogens is 404 g/mol. The summed E-state index contributed by atoms with van der Waals surface area (Å²) in [5.41, 5.74) is 5.00. The van der Waals surface area contributed by atoms with E-state index in [1.54, 1.807) is 55.1 Å². The van der Waals surface area contributed by atoms with Crippen LogP contribution in [0.25, 0.3) is 11.1 Å². The van der Waals surface area contributed by atoms with Crippen LogP contribution in [0.2, 0.25) is 5.02 Å². The highest BCUT2D eigenvalue weighted by Crippen LogP contribution is 2.25. The van der Waals surface area contributed by atoms with E-state index >= 15 is 0 Å². The summed E-state index contributed by atoms with van der Waals surface area (Å²) in [5, 5.41) is 12.2. The summed E-state index contributed by atoms with van der Waals surface area (Å²) in [4.78, 5) is 24.2. The zero-order chi connectivity index (χ0) is 21.5. The Kier molecular flexibility index (Phi) is 7.06. The lowest BCUT2D eigenvalue weighted by atomic mass is 10.0. The van der Waals surface area contributed by atoms with Crippen LogP contribution in [-0.2, 0) is 6.42 Å². The Bertz CT molecular complexity index is 1070. The minimum Gasteiger partial charge on any atom is -0.495 e. The first kappa shape index (κ1) is 21.4. The number of halogens is 1. The molecule has 0 bridgehead atoms. The highest BCUT2D eigenvalue weighted by molar-refractivity contribution is 6.32. The standard InChI is InChI=1S/C23H21ClN2O4/c1-30-21-9-8-15(12-20(21)24)10-11-25-22(27)18-6-2-4-16(13-18)17-5-3-7-19(14-17)23(28)26-29/h2-9,12-14,29H,10-11H2,1H3,(H,25,27)(H,26,28). The van der Waals surface area contributed by atoms with Crippen LogP contribution < -0.4 is 15.5 Å². The average Bonchev–Trinajstić information content (AvgIpc) is 2.78. The molecule has 0 spiro atoms. The van der Waals surface area contributed by atoms with Crippen LogP contribution in [0.5, 0.6) is 5.75 Å². The molecule has 0 aliphatic rings. The molecule has 3 N–H and O–H groups in total. The molecule has 0 heterocycles. The number of carbonyl (C=O) groups excluding carboxylic acids is 2. The quantitative estimate of drug-likeness (QED) is 0.393. The molecule has 0 saturated heterocycles. The Morgan fingerprint density at radius 2 is 1.57 bits per heavy atom. The Morgan fingerprint density at radius 1 is 0.933 bits per heavy atom. The van der Waals surface area contributed by atoms with E-state index in [1.807, 2.05) is 24.3 Å². The molecule has 0 aliphatic carbocycles. The van der Waals surface area contributed by atoms with Gasteiger partial charge in [0.1, 0.15) is 5.75 Å². The molecule has 0 unspecified atom stereocenters. The highest BCUT2D eigenvalue weighted by Gasteiger charge is 2.10. The number of amides is 2. The van der Waals surface area contributed by atoms with Gasteiger partial charge in [0.25, 0.3) is 11.8 Å². The van der Waals surface area contributed by atoms with Crippen LogP contribution in [0.1, 0.15) is 26.3 Å². The summed E-state index contributed by atoms with van der Waals surface area (Å²) in [6, 6.07) is 19.4. The number of carbonyl (C=O) groups is 2. The lowest BCUT2D eigenvalue weighted by Crippen LogP contribution is -2.25. The molecule has 154 valence electrons. The fourth-order valence-corrected chi connectivity index (χ4v) is 3.31. The summed E-state index contributed by atoms with van der Waals surface area (Å²) in [6.07, 6.45) is 0.632. The maximum Gasteiger partial charge on any atom is 0.274 e. The van der Waals surface area contributed by atoms with E-state index in [1.165, 1.54) is 0 Å². The van der Waals surface area contributed by atoms with Crippen LogP contribution >= 0.6 is 11.6 Å². The zero-order valence-corrected chi connectivity index (χ0v) is 17.1. The van der Waals surface area contributed by atoms with Crippen LogP contribution in [0.3, 0.4) is 0 Å². The fourth-order valence-electron chi connectivity index (χ4n) is 3.03. The smallest absolute Gasteiger partial charge is 0.274 e. The number of hydroxylamine groups is 1. The second-order valence-corrected chi connectivity index (χ2v) is 6.98. The van der Waals surface area contributed by atoms with Crippen molar-refractivity contribution in [3.8, 4) is 16.9 Å². The van der Waals surface area contributed by atoms with E-state index in [0.717, 1.165) is 16.7 Å². The Morgan fingerprint density at radius 3 is 2.13 bits per heavy atom. The van der Waals surface area contributed by atoms with Gasteiger partial charge in [0.15, 0.2) is 0 Å². The van der Waals surface area contributed by atoms with Gasteiger partial charge in [-0.05, 0) is 59.5 Å². The molecule has 3 aromatic carbocycles. The predicted octanol–water partition coefficient (Wildman–Crippen LogP) is 4.11. The van der Waals surface area contributed by atoms with Crippen LogP contribution in [0, 0.1) is 0 Å². The number of rotatable bonds is 7. The van der Waals surface area contributed by atoms with Gasteiger partial charge in [0.2, 0.25) is 0 Å². The van der Waals surface area contributed by atoms with E-state index < -0.39 is 5.91 Å². The van der Waals surface area contributed by atoms with Gasteiger partial charge in [-0.3, -0.25) is 14.8 Å². The van der Waals surface area contributed by atoms with Gasteiger partial charge in [-0.15, -0.1) is 0 Å². The van der Waals surface area contributed by atoms with Crippen molar-refractivity contribution >= 4 is 23.4 Å². The fraction of sp³-hybridized carbons (Fsp3) is 0.130. The highest BCUT2D eigenvalue weighted by atomic mass is 35.5. The minimum atomic E-state index is -0.593. The number of nitrogens with one attached hydrogen (secondary N) is 2. The van der Waals surface area contributed by atoms with Gasteiger partial charge in [0.05, 0.1) is 12.1 Å². The van der Waals surface area contributed by atoms with Crippen molar-refractivity contribution in [3.05, 3.63) is 88.4 Å². The number of methoxy groups -OCH3 is 1. The van der Waals surface area contributed by atoms with Crippen molar-refractivity contribution in [1.82, 2.24) is 10.8 Å². The van der Waals surface area contributed by atoms with Crippen molar-refractivity contribution in [1.29, 1.82) is 0 Å². The van der Waals surface area contributed by atoms with Crippen molar-refractivity contribution in [2.75, 3.05) is 13.7 Å². The third-order valence-corrected chi connectivity index (χ3v) is 4.90. The van der Waals surface area contributed by atoms with E-state index in [0.29, 0.717) is 34.9 Å². The van der Waals surface area contributed by atoms with Gasteiger partial charge < -0.3 is 10.1 Å². The molecule has 0 atom stereocenters. The summed E-state index contributed by atoms with van der Waals surface area (Å²) in [6.45, 7) is 0.456. The molecule has 30 heavy (non-hydrogen) atoms. The number of benzene rings is 3. The van der Waals surface area contributed by atoms with Crippen molar-refractivity contribution in [2.45, 2.75) is 6.42 Å². The molecule has 6 nitrogen and oxygen atoms in total. The second-order valence-electron chi connectivity index (χ2n) is 6.58. The van der Waals surface area contributed by atoms with E-state index in [9.17, 15) is 9.59 Å². The lowest BCUT2D eigenvalue weighted by molar-refractivity contribution is 0.0706. The van der Waals surface area contributed by atoms with Crippen molar-refractivity contribution in [2.24, 2.45) is 0 Å². The first-order chi connectivity index (χ1) is 14.5. The van der Waals surface area contributed by atoms with Crippen molar-refractivity contribution < 1.29 is 19.5 Å². The van der Waals surface area contributed by atoms with E-state index in [-0.39, 0.29) is 5.91 Å². The maximum atomic E-state index is 12.6. The predicted molar refractivity (Wildman–Crippen MR) is 115 cm³/mol. The Labute approximate surface area is 179 Å². The van der Waals surface area contributed by atoms with Crippen LogP contribution in [0.4, 0.5) is 0 Å². The molecule has 3 rings (SSSR count). The topological polar surface area (TPSA) is 87.7 Å². The first-order valence-corrected chi connectivity index (χ1v) is 9.65. The summed E-state index contributed by atoms with van der Waals surface area (Å²) in [5.74, 6) is -0.174. The number of hydrogen-bond acceptors (Lipinski definition) is 4. The molecule has 0 saturated carbocycles. The zero-order valence-electron chi connectivity index (χ0n) is 16.3. The largest absolute Gasteiger partial charge is 0.495 e. The van der Waals surface area contributed by atoms with Gasteiger partial charge in [-0.1, -0.05) is 41.9 Å². The van der Waals surface area contributed by atoms with E-state index in [2.05, 4.69) is 5.32 Å². The molecule has 3 aromatic rings. The van der Waals surface area contributed by atoms with Gasteiger partial charge in [-0.2, -0.15) is 0 Å². The van der Waals surface area contributed by atoms with Crippen LogP contribution in [-0.4, -0.2) is 30.7 Å². The molecule has 0 aromatic heterocycles. The monoisotopic (exact) mass is 424 g/mol. The molecule has 0 radical (unpaired) electrons. The van der Waals surface area contributed by atoms with E-state index in [4.69, 9.17) is 21.5 Å². The summed E-state index contributed by atoms with van der Waals surface area (Å²) < 4.78 is 5.14. The first-order valence-electron chi connectivity index (χ1n) is 9.27. The third kappa shape index (κ3) is 5.17. The SMILES string of the molecule is COc1ccc(CCNC(=O)c2cccc(-c3cccc(C(=O)NO)c3)c2)cc1Cl. The summed E-state index contributed by atoms with van der Waals surface area (Å²) >= 11 is 6.13. The molecular formula is C23H21ClN2O4. The Hall–Kier alpha value is -3.35. The molecule has 0 aliphatic heterocycles. The van der Waals surface area contributed by atoms with Gasteiger partial charge in [0, 0.05) is 17.7 Å². The molecule has 2 amide bonds. The second kappa shape index (κ2) is 9.91. The third-order valence-electron chi connectivity index (χ3n) is 4.60. The van der Waals surface area contributed by atoms with Gasteiger partial charge in [-0.25, -0.2) is 5.48 Å². The average molecular weight is 425 g/mol. The number of ether oxygens (including phenoxy) is 1. The minimum absolute atomic E-state index is 0.194. The number of hydrogen-bond donors (Lipinski definition) is 3. The maximum absolute atomic E-state index is 12.6. The normalized spacial score (nSPS) is 10.4. The summed E-state index contributed by atoms with van der Waals surface area (Å²) in [7, 11) is 1.56.